The first-order valence-corrected chi connectivity index (χ1v) is 13.9. The van der Waals surface area contributed by atoms with Crippen LogP contribution in [0, 0.1) is 18.6 Å². The molecule has 2 heterocycles. The molecule has 1 N–H and O–H groups in total. The molecular formula is C29H32F5N3O2S. The van der Waals surface area contributed by atoms with Crippen molar-refractivity contribution < 1.29 is 26.7 Å². The number of benzene rings is 2. The zero-order valence-electron chi connectivity index (χ0n) is 22.8. The number of thioether (sulfide) groups is 1. The maximum atomic E-state index is 15.5. The van der Waals surface area contributed by atoms with Crippen LogP contribution >= 0.6 is 11.8 Å². The van der Waals surface area contributed by atoms with Gasteiger partial charge in [-0.3, -0.25) is 9.36 Å². The Morgan fingerprint density at radius 3 is 2.52 bits per heavy atom. The van der Waals surface area contributed by atoms with Gasteiger partial charge in [0, 0.05) is 29.8 Å². The predicted molar refractivity (Wildman–Crippen MR) is 147 cm³/mol. The lowest BCUT2D eigenvalue weighted by Crippen LogP contribution is -2.34. The number of fused-ring (bicyclic) bond motifs is 1. The maximum absolute atomic E-state index is 15.5. The molecule has 11 heteroatoms. The van der Waals surface area contributed by atoms with E-state index in [4.69, 9.17) is 4.74 Å². The van der Waals surface area contributed by atoms with Crippen molar-refractivity contribution in [3.8, 4) is 16.9 Å². The highest BCUT2D eigenvalue weighted by Crippen LogP contribution is 2.42. The van der Waals surface area contributed by atoms with Gasteiger partial charge >= 0.3 is 6.18 Å². The summed E-state index contributed by atoms with van der Waals surface area (Å²) in [6.07, 6.45) is -4.28. The van der Waals surface area contributed by atoms with E-state index in [-0.39, 0.29) is 22.9 Å². The van der Waals surface area contributed by atoms with Crippen LogP contribution in [-0.2, 0) is 12.6 Å². The molecule has 1 aliphatic rings. The van der Waals surface area contributed by atoms with Gasteiger partial charge in [-0.25, -0.2) is 8.78 Å². The summed E-state index contributed by atoms with van der Waals surface area (Å²) < 4.78 is 78.6. The molecule has 1 aliphatic heterocycles. The first kappa shape index (κ1) is 30.1. The molecule has 0 radical (unpaired) electrons. The molecule has 0 bridgehead atoms. The minimum absolute atomic E-state index is 0.0161. The van der Waals surface area contributed by atoms with Crippen molar-refractivity contribution in [3.05, 3.63) is 80.6 Å². The Morgan fingerprint density at radius 2 is 1.85 bits per heavy atom. The van der Waals surface area contributed by atoms with E-state index in [9.17, 15) is 22.4 Å². The molecule has 0 amide bonds. The van der Waals surface area contributed by atoms with Crippen LogP contribution in [-0.4, -0.2) is 56.1 Å². The fraction of sp³-hybridized carbons (Fsp3) is 0.414. The Bertz CT molecular complexity index is 1440. The van der Waals surface area contributed by atoms with Crippen LogP contribution in [0.15, 0.2) is 46.2 Å². The van der Waals surface area contributed by atoms with E-state index >= 15 is 4.39 Å². The summed E-state index contributed by atoms with van der Waals surface area (Å²) in [6.45, 7) is 3.62. The average molecular weight is 582 g/mol. The lowest BCUT2D eigenvalue weighted by Gasteiger charge is -2.22. The van der Waals surface area contributed by atoms with Crippen LogP contribution in [0.2, 0.25) is 0 Å². The third-order valence-electron chi connectivity index (χ3n) is 7.08. The molecule has 0 saturated carbocycles. The summed E-state index contributed by atoms with van der Waals surface area (Å²) in [7, 11) is 5.26. The monoisotopic (exact) mass is 581 g/mol. The normalized spacial score (nSPS) is 15.1. The minimum atomic E-state index is -4.77. The molecule has 1 unspecified atom stereocenters. The van der Waals surface area contributed by atoms with E-state index in [1.54, 1.807) is 13.0 Å². The Labute approximate surface area is 234 Å². The van der Waals surface area contributed by atoms with Crippen molar-refractivity contribution in [2.45, 2.75) is 37.0 Å². The van der Waals surface area contributed by atoms with E-state index in [2.05, 4.69) is 10.2 Å². The van der Waals surface area contributed by atoms with Crippen molar-refractivity contribution >= 4 is 11.8 Å². The van der Waals surface area contributed by atoms with E-state index in [0.717, 1.165) is 31.2 Å². The molecule has 4 rings (SSSR count). The van der Waals surface area contributed by atoms with Crippen LogP contribution < -0.4 is 15.6 Å². The average Bonchev–Trinajstić information content (AvgIpc) is 3.31. The number of halogens is 5. The summed E-state index contributed by atoms with van der Waals surface area (Å²) in [5, 5.41) is 3.84. The van der Waals surface area contributed by atoms with Gasteiger partial charge in [-0.2, -0.15) is 13.2 Å². The highest BCUT2D eigenvalue weighted by atomic mass is 32.2. The van der Waals surface area contributed by atoms with Gasteiger partial charge < -0.3 is 15.0 Å². The van der Waals surface area contributed by atoms with E-state index in [1.165, 1.54) is 35.6 Å². The lowest BCUT2D eigenvalue weighted by molar-refractivity contribution is -0.138. The molecule has 5 nitrogen and oxygen atoms in total. The van der Waals surface area contributed by atoms with E-state index in [1.807, 2.05) is 14.1 Å². The third kappa shape index (κ3) is 6.06. The number of pyridine rings is 1. The second kappa shape index (κ2) is 12.3. The number of hydrogen-bond donors (Lipinski definition) is 1. The van der Waals surface area contributed by atoms with Crippen molar-refractivity contribution in [2.24, 2.45) is 0 Å². The number of alkyl halides is 3. The summed E-state index contributed by atoms with van der Waals surface area (Å²) in [6, 6.07) is 6.96. The van der Waals surface area contributed by atoms with Gasteiger partial charge in [0.15, 0.2) is 11.6 Å². The Hall–Kier alpha value is -2.89. The Balaban J connectivity index is 1.87. The van der Waals surface area contributed by atoms with Crippen LogP contribution in [0.1, 0.15) is 34.7 Å². The molecule has 0 saturated heterocycles. The molecule has 0 spiro atoms. The Kier molecular flexibility index (Phi) is 9.26. The van der Waals surface area contributed by atoms with Gasteiger partial charge in [-0.15, -0.1) is 11.8 Å². The first-order valence-electron chi connectivity index (χ1n) is 12.9. The number of aromatic nitrogens is 1. The molecule has 1 atom stereocenters. The van der Waals surface area contributed by atoms with Crippen LogP contribution in [0.25, 0.3) is 11.1 Å². The first-order chi connectivity index (χ1) is 19.0. The largest absolute Gasteiger partial charge is 0.494 e. The zero-order chi connectivity index (χ0) is 29.2. The topological polar surface area (TPSA) is 46.5 Å². The van der Waals surface area contributed by atoms with Crippen LogP contribution in [0.4, 0.5) is 22.0 Å². The number of nitrogens with one attached hydrogen (secondary N) is 1. The number of methoxy groups -OCH3 is 1. The fourth-order valence-corrected chi connectivity index (χ4v) is 6.46. The standard InChI is InChI=1S/C29H32F5N3O2S/c1-17-20(14-21-22(29(32,33)34)9-6-10-23(21)30)28-37(18(16-40-28)15-35-12-7-13-36(2)3)27(38)25(17)19-8-5-11-24(39-4)26(19)31/h5-6,8-11,18,35H,7,12-16H2,1-4H3. The van der Waals surface area contributed by atoms with E-state index in [0.29, 0.717) is 35.0 Å². The molecule has 0 aliphatic carbocycles. The van der Waals surface area contributed by atoms with Crippen LogP contribution in [0.3, 0.4) is 0 Å². The second-order valence-corrected chi connectivity index (χ2v) is 11.1. The minimum Gasteiger partial charge on any atom is -0.494 e. The summed E-state index contributed by atoms with van der Waals surface area (Å²) >= 11 is 1.35. The maximum Gasteiger partial charge on any atom is 0.416 e. The molecule has 216 valence electrons. The van der Waals surface area contributed by atoms with Gasteiger partial charge in [0.25, 0.3) is 5.56 Å². The molecule has 3 aromatic rings. The number of ether oxygens (including phenoxy) is 1. The van der Waals surface area contributed by atoms with Gasteiger partial charge in [0.2, 0.25) is 0 Å². The SMILES string of the molecule is COc1cccc(-c2c(C)c(Cc3c(F)cccc3C(F)(F)F)c3n(c2=O)C(CNCCCN(C)C)CS3)c1F. The molecule has 0 fully saturated rings. The van der Waals surface area contributed by atoms with Crippen molar-refractivity contribution in [1.29, 1.82) is 0 Å². The summed E-state index contributed by atoms with van der Waals surface area (Å²) in [5.74, 6) is -1.31. The van der Waals surface area contributed by atoms with Gasteiger partial charge in [0.1, 0.15) is 5.82 Å². The fourth-order valence-electron chi connectivity index (χ4n) is 5.07. The highest BCUT2D eigenvalue weighted by Gasteiger charge is 2.36. The smallest absolute Gasteiger partial charge is 0.416 e. The number of hydrogen-bond acceptors (Lipinski definition) is 5. The van der Waals surface area contributed by atoms with Crippen molar-refractivity contribution in [1.82, 2.24) is 14.8 Å². The Morgan fingerprint density at radius 1 is 1.12 bits per heavy atom. The number of rotatable bonds is 10. The van der Waals surface area contributed by atoms with Crippen molar-refractivity contribution in [3.63, 3.8) is 0 Å². The lowest BCUT2D eigenvalue weighted by atomic mass is 9.92. The van der Waals surface area contributed by atoms with Crippen LogP contribution in [0.5, 0.6) is 5.75 Å². The highest BCUT2D eigenvalue weighted by molar-refractivity contribution is 7.99. The zero-order valence-corrected chi connectivity index (χ0v) is 23.6. The molecule has 1 aromatic heterocycles. The quantitative estimate of drug-likeness (QED) is 0.238. The van der Waals surface area contributed by atoms with Crippen molar-refractivity contribution in [2.75, 3.05) is 46.6 Å². The second-order valence-electron chi connectivity index (χ2n) is 10.0. The predicted octanol–water partition coefficient (Wildman–Crippen LogP) is 5.91. The van der Waals surface area contributed by atoms with E-state index < -0.39 is 40.9 Å². The van der Waals surface area contributed by atoms with Gasteiger partial charge in [-0.05, 0) is 69.9 Å². The summed E-state index contributed by atoms with van der Waals surface area (Å²) in [5.41, 5.74) is -1.34. The third-order valence-corrected chi connectivity index (χ3v) is 8.35. The molecule has 2 aromatic carbocycles. The summed E-state index contributed by atoms with van der Waals surface area (Å²) in [4.78, 5) is 16.0. The number of nitrogens with zero attached hydrogens (tertiary/aromatic N) is 2. The van der Waals surface area contributed by atoms with Gasteiger partial charge in [-0.1, -0.05) is 18.2 Å². The van der Waals surface area contributed by atoms with Gasteiger partial charge in [0.05, 0.1) is 29.3 Å². The molecular weight excluding hydrogens is 549 g/mol. The molecule has 40 heavy (non-hydrogen) atoms.